The van der Waals surface area contributed by atoms with Crippen LogP contribution in [0.3, 0.4) is 0 Å². The zero-order chi connectivity index (χ0) is 18.5. The van der Waals surface area contributed by atoms with Crippen LogP contribution in [0.1, 0.15) is 15.2 Å². The fourth-order valence-corrected chi connectivity index (χ4v) is 3.55. The summed E-state index contributed by atoms with van der Waals surface area (Å²) in [7, 11) is 1.41. The van der Waals surface area contributed by atoms with Gasteiger partial charge in [-0.1, -0.05) is 17.3 Å². The van der Waals surface area contributed by atoms with Gasteiger partial charge >= 0.3 is 0 Å². The molecule has 8 nitrogen and oxygen atoms in total. The third-order valence-corrected chi connectivity index (χ3v) is 5.00. The monoisotopic (exact) mass is 374 g/mol. The number of rotatable bonds is 5. The van der Waals surface area contributed by atoms with Gasteiger partial charge in [0.25, 0.3) is 11.6 Å². The van der Waals surface area contributed by atoms with Crippen LogP contribution < -0.4 is 4.90 Å². The lowest BCUT2D eigenvalue weighted by atomic mass is 10.1. The van der Waals surface area contributed by atoms with Crippen molar-refractivity contribution in [2.45, 2.75) is 0 Å². The Balaban J connectivity index is 1.73. The molecule has 9 heteroatoms. The third-order valence-electron chi connectivity index (χ3n) is 4.14. The first kappa shape index (κ1) is 17.9. The van der Waals surface area contributed by atoms with Gasteiger partial charge in [-0.05, 0) is 17.5 Å². The van der Waals surface area contributed by atoms with E-state index in [1.165, 1.54) is 30.7 Å². The molecule has 1 saturated heterocycles. The maximum atomic E-state index is 12.4. The van der Waals surface area contributed by atoms with Gasteiger partial charge in [-0.25, -0.2) is 0 Å². The van der Waals surface area contributed by atoms with E-state index in [0.29, 0.717) is 42.3 Å². The van der Waals surface area contributed by atoms with Gasteiger partial charge < -0.3 is 14.6 Å². The number of oxime groups is 1. The number of anilines is 1. The fourth-order valence-electron chi connectivity index (χ4n) is 2.85. The summed E-state index contributed by atoms with van der Waals surface area (Å²) in [5.41, 5.74) is 1.16. The summed E-state index contributed by atoms with van der Waals surface area (Å²) in [6.07, 6.45) is 1.43. The van der Waals surface area contributed by atoms with E-state index >= 15 is 0 Å². The molecule has 1 aliphatic heterocycles. The minimum Gasteiger partial charge on any atom is -0.399 e. The molecular formula is C17H18N4O4S. The number of amides is 1. The minimum absolute atomic E-state index is 0.0141. The summed E-state index contributed by atoms with van der Waals surface area (Å²) < 4.78 is 0. The zero-order valence-corrected chi connectivity index (χ0v) is 15.0. The number of piperazine rings is 1. The molecule has 0 bridgehead atoms. The number of nitro groups is 1. The van der Waals surface area contributed by atoms with Crippen LogP contribution in [0.2, 0.25) is 0 Å². The Kier molecular flexibility index (Phi) is 5.47. The SMILES string of the molecule is CO/N=C\c1ccc(N2CCN(C(=O)c3cccs3)CC2)c([N+](=O)[O-])c1. The number of thiophene rings is 1. The summed E-state index contributed by atoms with van der Waals surface area (Å²) in [5.74, 6) is 0.0141. The topological polar surface area (TPSA) is 88.3 Å². The number of nitro benzene ring substituents is 1. The molecule has 0 radical (unpaired) electrons. The van der Waals surface area contributed by atoms with E-state index in [0.717, 1.165) is 0 Å². The first-order valence-corrected chi connectivity index (χ1v) is 8.91. The van der Waals surface area contributed by atoms with E-state index in [2.05, 4.69) is 9.99 Å². The lowest BCUT2D eigenvalue weighted by molar-refractivity contribution is -0.384. The van der Waals surface area contributed by atoms with E-state index in [-0.39, 0.29) is 11.6 Å². The number of carbonyl (C=O) groups excluding carboxylic acids is 1. The predicted molar refractivity (Wildman–Crippen MR) is 100 cm³/mol. The molecular weight excluding hydrogens is 356 g/mol. The molecule has 1 fully saturated rings. The normalized spacial score (nSPS) is 14.7. The van der Waals surface area contributed by atoms with Crippen LogP contribution in [0.15, 0.2) is 40.9 Å². The zero-order valence-electron chi connectivity index (χ0n) is 14.2. The Hall–Kier alpha value is -2.94. The molecule has 0 saturated carbocycles. The van der Waals surface area contributed by atoms with Gasteiger partial charge in [-0.3, -0.25) is 14.9 Å². The van der Waals surface area contributed by atoms with E-state index < -0.39 is 4.92 Å². The Morgan fingerprint density at radius 1 is 1.31 bits per heavy atom. The number of hydrogen-bond acceptors (Lipinski definition) is 7. The molecule has 0 aliphatic carbocycles. The molecule has 0 N–H and O–H groups in total. The lowest BCUT2D eigenvalue weighted by Crippen LogP contribution is -2.48. The van der Waals surface area contributed by atoms with Crippen LogP contribution in [-0.2, 0) is 4.84 Å². The number of hydrogen-bond donors (Lipinski definition) is 0. The van der Waals surface area contributed by atoms with Gasteiger partial charge in [0.15, 0.2) is 0 Å². The lowest BCUT2D eigenvalue weighted by Gasteiger charge is -2.35. The second-order valence-electron chi connectivity index (χ2n) is 5.68. The van der Waals surface area contributed by atoms with Gasteiger partial charge in [-0.2, -0.15) is 0 Å². The molecule has 2 heterocycles. The second kappa shape index (κ2) is 7.96. The van der Waals surface area contributed by atoms with E-state index in [1.54, 1.807) is 17.0 Å². The van der Waals surface area contributed by atoms with Crippen LogP contribution in [0.25, 0.3) is 0 Å². The van der Waals surface area contributed by atoms with Crippen molar-refractivity contribution < 1.29 is 14.6 Å². The van der Waals surface area contributed by atoms with Crippen molar-refractivity contribution in [2.24, 2.45) is 5.16 Å². The Bertz CT molecular complexity index is 814. The number of nitrogens with zero attached hydrogens (tertiary/aromatic N) is 4. The largest absolute Gasteiger partial charge is 0.399 e. The molecule has 26 heavy (non-hydrogen) atoms. The standard InChI is InChI=1S/C17H18N4O4S/c1-25-18-12-13-4-5-14(15(11-13)21(23)24)19-6-8-20(9-7-19)17(22)16-3-2-10-26-16/h2-5,10-12H,6-9H2,1H3/b18-12-. The molecule has 1 amide bonds. The quantitative estimate of drug-likeness (QED) is 0.456. The minimum atomic E-state index is -0.400. The van der Waals surface area contributed by atoms with Crippen molar-refractivity contribution in [3.8, 4) is 0 Å². The summed E-state index contributed by atoms with van der Waals surface area (Å²) in [6, 6.07) is 8.61. The molecule has 0 unspecified atom stereocenters. The van der Waals surface area contributed by atoms with Crippen molar-refractivity contribution in [3.05, 3.63) is 56.3 Å². The molecule has 0 atom stereocenters. The molecule has 1 aliphatic rings. The number of benzene rings is 1. The molecule has 2 aromatic rings. The van der Waals surface area contributed by atoms with Crippen molar-refractivity contribution >= 4 is 34.8 Å². The molecule has 3 rings (SSSR count). The highest BCUT2D eigenvalue weighted by molar-refractivity contribution is 7.12. The third kappa shape index (κ3) is 3.83. The molecule has 136 valence electrons. The average Bonchev–Trinajstić information content (AvgIpc) is 3.20. The van der Waals surface area contributed by atoms with Crippen LogP contribution in [0, 0.1) is 10.1 Å². The summed E-state index contributed by atoms with van der Waals surface area (Å²) in [4.78, 5) is 32.5. The average molecular weight is 374 g/mol. The summed E-state index contributed by atoms with van der Waals surface area (Å²) >= 11 is 1.42. The second-order valence-corrected chi connectivity index (χ2v) is 6.63. The van der Waals surface area contributed by atoms with Crippen LogP contribution in [0.4, 0.5) is 11.4 Å². The molecule has 1 aromatic heterocycles. The highest BCUT2D eigenvalue weighted by atomic mass is 32.1. The summed E-state index contributed by atoms with van der Waals surface area (Å²) in [5, 5.41) is 17.0. The van der Waals surface area contributed by atoms with Gasteiger partial charge in [0.1, 0.15) is 12.8 Å². The van der Waals surface area contributed by atoms with E-state index in [4.69, 9.17) is 0 Å². The predicted octanol–water partition coefficient (Wildman–Crippen LogP) is 2.60. The first-order valence-electron chi connectivity index (χ1n) is 8.03. The van der Waals surface area contributed by atoms with Gasteiger partial charge in [0, 0.05) is 37.8 Å². The molecule has 0 spiro atoms. The smallest absolute Gasteiger partial charge is 0.293 e. The fraction of sp³-hybridized carbons (Fsp3) is 0.294. The summed E-state index contributed by atoms with van der Waals surface area (Å²) in [6.45, 7) is 2.15. The Morgan fingerprint density at radius 2 is 2.08 bits per heavy atom. The first-order chi connectivity index (χ1) is 12.6. The van der Waals surface area contributed by atoms with Crippen LogP contribution in [-0.4, -0.2) is 55.2 Å². The van der Waals surface area contributed by atoms with Gasteiger partial charge in [-0.15, -0.1) is 11.3 Å². The highest BCUT2D eigenvalue weighted by Gasteiger charge is 2.26. The van der Waals surface area contributed by atoms with E-state index in [9.17, 15) is 14.9 Å². The number of carbonyl (C=O) groups is 1. The van der Waals surface area contributed by atoms with Crippen molar-refractivity contribution in [1.29, 1.82) is 0 Å². The maximum absolute atomic E-state index is 12.4. The van der Waals surface area contributed by atoms with Gasteiger partial charge in [0.2, 0.25) is 0 Å². The Morgan fingerprint density at radius 3 is 2.69 bits per heavy atom. The maximum Gasteiger partial charge on any atom is 0.293 e. The highest BCUT2D eigenvalue weighted by Crippen LogP contribution is 2.30. The van der Waals surface area contributed by atoms with E-state index in [1.807, 2.05) is 22.4 Å². The van der Waals surface area contributed by atoms with Crippen LogP contribution >= 0.6 is 11.3 Å². The van der Waals surface area contributed by atoms with Crippen molar-refractivity contribution in [3.63, 3.8) is 0 Å². The Labute approximate surface area is 154 Å². The van der Waals surface area contributed by atoms with Crippen molar-refractivity contribution in [1.82, 2.24) is 4.90 Å². The van der Waals surface area contributed by atoms with Crippen LogP contribution in [0.5, 0.6) is 0 Å². The van der Waals surface area contributed by atoms with Gasteiger partial charge in [0.05, 0.1) is 16.0 Å². The van der Waals surface area contributed by atoms with Crippen molar-refractivity contribution in [2.75, 3.05) is 38.2 Å². The molecule has 1 aromatic carbocycles.